The molecule has 0 aliphatic rings. The fourth-order valence-corrected chi connectivity index (χ4v) is 2.49. The van der Waals surface area contributed by atoms with Crippen LogP contribution in [-0.2, 0) is 0 Å². The maximum Gasteiger partial charge on any atom is 0.139 e. The molecule has 0 amide bonds. The third-order valence-electron chi connectivity index (χ3n) is 2.77. The number of hydrogen-bond donors (Lipinski definition) is 1. The maximum absolute atomic E-state index is 14.0. The van der Waals surface area contributed by atoms with Crippen LogP contribution >= 0.6 is 27.5 Å². The summed E-state index contributed by atoms with van der Waals surface area (Å²) < 4.78 is 20.3. The molecule has 5 heteroatoms. The Balaban J connectivity index is 2.42. The second-order valence-electron chi connectivity index (χ2n) is 4.19. The zero-order valence-electron chi connectivity index (χ0n) is 10.4. The molecule has 1 atom stereocenters. The number of furan rings is 1. The molecule has 102 valence electrons. The van der Waals surface area contributed by atoms with Gasteiger partial charge < -0.3 is 9.73 Å². The van der Waals surface area contributed by atoms with Crippen molar-refractivity contribution in [1.29, 1.82) is 0 Å². The Morgan fingerprint density at radius 3 is 2.84 bits per heavy atom. The molecule has 0 saturated carbocycles. The first-order valence-corrected chi connectivity index (χ1v) is 7.21. The summed E-state index contributed by atoms with van der Waals surface area (Å²) in [5.74, 6) is 0.343. The van der Waals surface area contributed by atoms with Gasteiger partial charge in [0.15, 0.2) is 0 Å². The summed E-state index contributed by atoms with van der Waals surface area (Å²) in [7, 11) is 0. The van der Waals surface area contributed by atoms with Crippen molar-refractivity contribution >= 4 is 27.5 Å². The Morgan fingerprint density at radius 2 is 2.21 bits per heavy atom. The maximum atomic E-state index is 14.0. The highest BCUT2D eigenvalue weighted by Gasteiger charge is 2.22. The van der Waals surface area contributed by atoms with Gasteiger partial charge in [0, 0.05) is 10.6 Å². The first-order valence-electron chi connectivity index (χ1n) is 6.04. The number of nitrogens with one attached hydrogen (secondary N) is 1. The molecule has 1 N–H and O–H groups in total. The summed E-state index contributed by atoms with van der Waals surface area (Å²) in [5.41, 5.74) is 0.483. The van der Waals surface area contributed by atoms with Crippen LogP contribution < -0.4 is 5.32 Å². The van der Waals surface area contributed by atoms with E-state index in [1.165, 1.54) is 12.1 Å². The average Bonchev–Trinajstić information content (AvgIpc) is 2.80. The largest absolute Gasteiger partial charge is 0.466 e. The molecule has 1 unspecified atom stereocenters. The highest BCUT2D eigenvalue weighted by atomic mass is 79.9. The zero-order chi connectivity index (χ0) is 13.8. The fourth-order valence-electron chi connectivity index (χ4n) is 1.88. The monoisotopic (exact) mass is 345 g/mol. The number of rotatable bonds is 5. The van der Waals surface area contributed by atoms with Crippen molar-refractivity contribution in [2.24, 2.45) is 0 Å². The van der Waals surface area contributed by atoms with Crippen molar-refractivity contribution in [3.63, 3.8) is 0 Å². The zero-order valence-corrected chi connectivity index (χ0v) is 12.8. The molecular formula is C14H14BrClFNO. The van der Waals surface area contributed by atoms with Gasteiger partial charge in [-0.15, -0.1) is 0 Å². The second kappa shape index (κ2) is 6.55. The number of hydrogen-bond acceptors (Lipinski definition) is 2. The molecule has 1 heterocycles. The lowest BCUT2D eigenvalue weighted by atomic mass is 10.0. The minimum Gasteiger partial charge on any atom is -0.466 e. The van der Waals surface area contributed by atoms with Crippen LogP contribution in [0.1, 0.15) is 30.7 Å². The minimum absolute atomic E-state index is 0.304. The smallest absolute Gasteiger partial charge is 0.139 e. The number of benzene rings is 1. The molecule has 2 nitrogen and oxygen atoms in total. The minimum atomic E-state index is -0.358. The van der Waals surface area contributed by atoms with E-state index in [0.29, 0.717) is 16.3 Å². The summed E-state index contributed by atoms with van der Waals surface area (Å²) in [6.07, 6.45) is 2.51. The second-order valence-corrected chi connectivity index (χ2v) is 5.48. The van der Waals surface area contributed by atoms with Gasteiger partial charge in [0.1, 0.15) is 11.6 Å². The lowest BCUT2D eigenvalue weighted by Crippen LogP contribution is -2.24. The van der Waals surface area contributed by atoms with Crippen LogP contribution in [0, 0.1) is 5.82 Å². The van der Waals surface area contributed by atoms with Crippen molar-refractivity contribution in [1.82, 2.24) is 5.32 Å². The van der Waals surface area contributed by atoms with Crippen LogP contribution in [0.3, 0.4) is 0 Å². The molecule has 0 aliphatic heterocycles. The molecule has 1 aromatic heterocycles. The fraction of sp³-hybridized carbons (Fsp3) is 0.286. The van der Waals surface area contributed by atoms with Crippen molar-refractivity contribution in [2.45, 2.75) is 19.4 Å². The lowest BCUT2D eigenvalue weighted by molar-refractivity contribution is 0.434. The van der Waals surface area contributed by atoms with Crippen LogP contribution in [0.25, 0.3) is 0 Å². The van der Waals surface area contributed by atoms with Crippen LogP contribution in [0.4, 0.5) is 4.39 Å². The van der Waals surface area contributed by atoms with Crippen molar-refractivity contribution < 1.29 is 8.81 Å². The predicted octanol–water partition coefficient (Wildman–Crippen LogP) is 4.92. The van der Waals surface area contributed by atoms with Crippen molar-refractivity contribution in [3.05, 3.63) is 57.2 Å². The Kier molecular flexibility index (Phi) is 5.02. The van der Waals surface area contributed by atoms with Gasteiger partial charge in [-0.2, -0.15) is 0 Å². The highest BCUT2D eigenvalue weighted by Crippen LogP contribution is 2.32. The molecule has 1 aromatic carbocycles. The molecule has 0 bridgehead atoms. The van der Waals surface area contributed by atoms with E-state index in [1.807, 2.05) is 0 Å². The molecule has 0 spiro atoms. The first kappa shape index (κ1) is 14.6. The predicted molar refractivity (Wildman–Crippen MR) is 78.0 cm³/mol. The van der Waals surface area contributed by atoms with Gasteiger partial charge in [-0.1, -0.05) is 18.5 Å². The molecule has 19 heavy (non-hydrogen) atoms. The van der Waals surface area contributed by atoms with Crippen LogP contribution in [-0.4, -0.2) is 6.54 Å². The van der Waals surface area contributed by atoms with Gasteiger partial charge >= 0.3 is 0 Å². The molecule has 0 aliphatic carbocycles. The average molecular weight is 347 g/mol. The van der Waals surface area contributed by atoms with Crippen LogP contribution in [0.15, 0.2) is 39.4 Å². The summed E-state index contributed by atoms with van der Waals surface area (Å²) >= 11 is 9.37. The topological polar surface area (TPSA) is 25.2 Å². The SMILES string of the molecule is CCCNC(c1cc(Cl)ccc1F)c1occc1Br. The Labute approximate surface area is 125 Å². The van der Waals surface area contributed by atoms with Gasteiger partial charge in [0.05, 0.1) is 16.8 Å². The quantitative estimate of drug-likeness (QED) is 0.831. The molecule has 0 radical (unpaired) electrons. The lowest BCUT2D eigenvalue weighted by Gasteiger charge is -2.18. The molecule has 2 aromatic rings. The Hall–Kier alpha value is -0.840. The van der Waals surface area contributed by atoms with Gasteiger partial charge in [0.2, 0.25) is 0 Å². The standard InChI is InChI=1S/C14H14BrClFNO/c1-2-6-18-13(14-11(15)5-7-19-14)10-8-9(16)3-4-12(10)17/h3-5,7-8,13,18H,2,6H2,1H3. The third kappa shape index (κ3) is 3.38. The van der Waals surface area contributed by atoms with Gasteiger partial charge in [-0.25, -0.2) is 4.39 Å². The third-order valence-corrected chi connectivity index (χ3v) is 3.66. The normalized spacial score (nSPS) is 12.6. The van der Waals surface area contributed by atoms with Crippen molar-refractivity contribution in [3.8, 4) is 0 Å². The summed E-state index contributed by atoms with van der Waals surface area (Å²) in [4.78, 5) is 0. The van der Waals surface area contributed by atoms with E-state index in [0.717, 1.165) is 17.4 Å². The van der Waals surface area contributed by atoms with Gasteiger partial charge in [0.25, 0.3) is 0 Å². The Morgan fingerprint density at radius 1 is 1.42 bits per heavy atom. The summed E-state index contributed by atoms with van der Waals surface area (Å²) in [6, 6.07) is 5.96. The van der Waals surface area contributed by atoms with Crippen LogP contribution in [0.2, 0.25) is 5.02 Å². The number of halogens is 3. The molecule has 0 fully saturated rings. The van der Waals surface area contributed by atoms with Gasteiger partial charge in [-0.05, 0) is 53.2 Å². The van der Waals surface area contributed by atoms with Crippen molar-refractivity contribution in [2.75, 3.05) is 6.54 Å². The van der Waals surface area contributed by atoms with E-state index in [-0.39, 0.29) is 11.9 Å². The van der Waals surface area contributed by atoms with E-state index in [4.69, 9.17) is 16.0 Å². The highest BCUT2D eigenvalue weighted by molar-refractivity contribution is 9.10. The summed E-state index contributed by atoms with van der Waals surface area (Å²) in [5, 5.41) is 3.78. The van der Waals surface area contributed by atoms with E-state index in [1.54, 1.807) is 18.4 Å². The summed E-state index contributed by atoms with van der Waals surface area (Å²) in [6.45, 7) is 2.80. The van der Waals surface area contributed by atoms with Crippen LogP contribution in [0.5, 0.6) is 0 Å². The molecular weight excluding hydrogens is 333 g/mol. The van der Waals surface area contributed by atoms with E-state index < -0.39 is 0 Å². The first-order chi connectivity index (χ1) is 9.13. The Bertz CT molecular complexity index is 558. The van der Waals surface area contributed by atoms with E-state index in [2.05, 4.69) is 28.2 Å². The van der Waals surface area contributed by atoms with E-state index >= 15 is 0 Å². The molecule has 0 saturated heterocycles. The van der Waals surface area contributed by atoms with E-state index in [9.17, 15) is 4.39 Å². The van der Waals surface area contributed by atoms with Gasteiger partial charge in [-0.3, -0.25) is 0 Å². The molecule has 2 rings (SSSR count).